The molecular weight excluding hydrogens is 460 g/mol. The summed E-state index contributed by atoms with van der Waals surface area (Å²) < 4.78 is 6.02. The van der Waals surface area contributed by atoms with Crippen LogP contribution in [0.15, 0.2) is 72.8 Å². The number of benzene rings is 3. The van der Waals surface area contributed by atoms with Crippen LogP contribution in [0.1, 0.15) is 80.3 Å². The number of hydrogen-bond acceptors (Lipinski definition) is 4. The minimum Gasteiger partial charge on any atom is -0.359 e. The highest BCUT2D eigenvalue weighted by molar-refractivity contribution is 5.91. The van der Waals surface area contributed by atoms with Gasteiger partial charge in [-0.2, -0.15) is 5.26 Å². The maximum atomic E-state index is 13.0. The first-order chi connectivity index (χ1) is 17.8. The van der Waals surface area contributed by atoms with Gasteiger partial charge in [0.25, 0.3) is 0 Å². The Labute approximate surface area is 221 Å². The van der Waals surface area contributed by atoms with Crippen LogP contribution in [0, 0.1) is 11.3 Å². The van der Waals surface area contributed by atoms with E-state index in [9.17, 15) is 4.79 Å². The Morgan fingerprint density at radius 3 is 2.05 bits per heavy atom. The average Bonchev–Trinajstić information content (AvgIpc) is 2.90. The molecule has 0 saturated heterocycles. The molecule has 0 aliphatic rings. The third-order valence-electron chi connectivity index (χ3n) is 6.30. The summed E-state index contributed by atoms with van der Waals surface area (Å²) in [6, 6.07) is 25.3. The summed E-state index contributed by atoms with van der Waals surface area (Å²) >= 11 is 0. The van der Waals surface area contributed by atoms with Crippen molar-refractivity contribution in [1.82, 2.24) is 10.6 Å². The highest BCUT2D eigenvalue weighted by Gasteiger charge is 2.19. The molecule has 0 aliphatic heterocycles. The van der Waals surface area contributed by atoms with E-state index in [1.165, 1.54) is 0 Å². The maximum absolute atomic E-state index is 13.0. The van der Waals surface area contributed by atoms with E-state index >= 15 is 0 Å². The number of urea groups is 1. The summed E-state index contributed by atoms with van der Waals surface area (Å²) in [4.78, 5) is 13.0. The first-order valence-corrected chi connectivity index (χ1v) is 12.9. The molecule has 2 unspecified atom stereocenters. The van der Waals surface area contributed by atoms with E-state index < -0.39 is 0 Å². The lowest BCUT2D eigenvalue weighted by Crippen LogP contribution is -2.41. The monoisotopic (exact) mass is 498 g/mol. The SMILES string of the molecule is CC(NC(CNC(=O)Nc1c(C(C)C)cccc1C(C)C)c1ccccc1)OCc1ccc(C#N)cc1. The molecule has 2 amide bonds. The van der Waals surface area contributed by atoms with Crippen molar-refractivity contribution in [3.05, 3.63) is 101 Å². The van der Waals surface area contributed by atoms with E-state index in [0.717, 1.165) is 27.9 Å². The fraction of sp³-hybridized carbons (Fsp3) is 0.355. The van der Waals surface area contributed by atoms with E-state index in [-0.39, 0.29) is 18.3 Å². The van der Waals surface area contributed by atoms with Crippen molar-refractivity contribution in [2.75, 3.05) is 11.9 Å². The molecule has 194 valence electrons. The molecule has 0 fully saturated rings. The van der Waals surface area contributed by atoms with Crippen molar-refractivity contribution < 1.29 is 9.53 Å². The number of nitrogens with one attached hydrogen (secondary N) is 3. The molecule has 0 heterocycles. The third kappa shape index (κ3) is 8.18. The first kappa shape index (κ1) is 27.9. The van der Waals surface area contributed by atoms with Gasteiger partial charge in [0.15, 0.2) is 0 Å². The molecule has 0 spiro atoms. The van der Waals surface area contributed by atoms with Crippen LogP contribution in [0.2, 0.25) is 0 Å². The standard InChI is InChI=1S/C31H38N4O2/c1-21(2)27-12-9-13-28(22(3)4)30(27)35-31(36)33-19-29(26-10-7-6-8-11-26)34-23(5)37-20-25-16-14-24(18-32)15-17-25/h6-17,21-23,29,34H,19-20H2,1-5H3,(H2,33,35,36). The van der Waals surface area contributed by atoms with Crippen molar-refractivity contribution in [1.29, 1.82) is 5.26 Å². The van der Waals surface area contributed by atoms with Crippen molar-refractivity contribution in [3.8, 4) is 6.07 Å². The highest BCUT2D eigenvalue weighted by Crippen LogP contribution is 2.32. The number of carbonyl (C=O) groups excluding carboxylic acids is 1. The summed E-state index contributed by atoms with van der Waals surface area (Å²) in [6.45, 7) is 11.3. The van der Waals surface area contributed by atoms with Crippen LogP contribution in [0.3, 0.4) is 0 Å². The second-order valence-electron chi connectivity index (χ2n) is 9.85. The number of nitriles is 1. The number of para-hydroxylation sites is 1. The van der Waals surface area contributed by atoms with E-state index in [0.29, 0.717) is 30.6 Å². The maximum Gasteiger partial charge on any atom is 0.319 e. The van der Waals surface area contributed by atoms with Crippen LogP contribution in [0.4, 0.5) is 10.5 Å². The molecule has 0 aliphatic carbocycles. The normalized spacial score (nSPS) is 12.7. The number of amides is 2. The van der Waals surface area contributed by atoms with E-state index in [2.05, 4.69) is 67.9 Å². The lowest BCUT2D eigenvalue weighted by atomic mass is 9.93. The van der Waals surface area contributed by atoms with Crippen molar-refractivity contribution in [2.45, 2.75) is 65.3 Å². The zero-order chi connectivity index (χ0) is 26.8. The Morgan fingerprint density at radius 2 is 1.49 bits per heavy atom. The van der Waals surface area contributed by atoms with Crippen LogP contribution in [0.5, 0.6) is 0 Å². The minimum absolute atomic E-state index is 0.146. The first-order valence-electron chi connectivity index (χ1n) is 12.9. The Balaban J connectivity index is 1.65. The molecule has 3 aromatic carbocycles. The van der Waals surface area contributed by atoms with Gasteiger partial charge in [0, 0.05) is 12.2 Å². The lowest BCUT2D eigenvalue weighted by Gasteiger charge is -2.25. The molecule has 37 heavy (non-hydrogen) atoms. The van der Waals surface area contributed by atoms with Gasteiger partial charge in [-0.15, -0.1) is 0 Å². The Morgan fingerprint density at radius 1 is 0.865 bits per heavy atom. The summed E-state index contributed by atoms with van der Waals surface area (Å²) in [6.07, 6.45) is -0.264. The van der Waals surface area contributed by atoms with Gasteiger partial charge < -0.3 is 15.4 Å². The second kappa shape index (κ2) is 13.6. The van der Waals surface area contributed by atoms with Gasteiger partial charge in [-0.1, -0.05) is 88.4 Å². The van der Waals surface area contributed by atoms with E-state index in [1.54, 1.807) is 12.1 Å². The van der Waals surface area contributed by atoms with Gasteiger partial charge in [0.1, 0.15) is 6.23 Å². The van der Waals surface area contributed by atoms with Gasteiger partial charge in [-0.25, -0.2) is 4.79 Å². The van der Waals surface area contributed by atoms with E-state index in [1.807, 2.05) is 49.4 Å². The van der Waals surface area contributed by atoms with Gasteiger partial charge in [0.05, 0.1) is 24.3 Å². The van der Waals surface area contributed by atoms with Gasteiger partial charge >= 0.3 is 6.03 Å². The van der Waals surface area contributed by atoms with Crippen LogP contribution < -0.4 is 16.0 Å². The quantitative estimate of drug-likeness (QED) is 0.253. The topological polar surface area (TPSA) is 86.2 Å². The molecular formula is C31H38N4O2. The Bertz CT molecular complexity index is 1160. The molecule has 2 atom stereocenters. The highest BCUT2D eigenvalue weighted by atomic mass is 16.5. The minimum atomic E-state index is -0.264. The zero-order valence-electron chi connectivity index (χ0n) is 22.4. The predicted molar refractivity (Wildman–Crippen MR) is 149 cm³/mol. The molecule has 3 aromatic rings. The van der Waals surface area contributed by atoms with E-state index in [4.69, 9.17) is 10.00 Å². The number of nitrogens with zero attached hydrogens (tertiary/aromatic N) is 1. The zero-order valence-corrected chi connectivity index (χ0v) is 22.4. The number of carbonyl (C=O) groups is 1. The van der Waals surface area contributed by atoms with Crippen LogP contribution in [-0.4, -0.2) is 18.8 Å². The fourth-order valence-electron chi connectivity index (χ4n) is 4.23. The van der Waals surface area contributed by atoms with Gasteiger partial charge in [-0.3, -0.25) is 5.32 Å². The molecule has 0 aromatic heterocycles. The van der Waals surface area contributed by atoms with Crippen LogP contribution in [-0.2, 0) is 11.3 Å². The summed E-state index contributed by atoms with van der Waals surface area (Å²) in [5.41, 5.74) is 5.83. The van der Waals surface area contributed by atoms with Crippen molar-refractivity contribution in [2.24, 2.45) is 0 Å². The molecule has 0 bridgehead atoms. The van der Waals surface area contributed by atoms with Crippen LogP contribution >= 0.6 is 0 Å². The van der Waals surface area contributed by atoms with Crippen molar-refractivity contribution >= 4 is 11.7 Å². The molecule has 3 rings (SSSR count). The average molecular weight is 499 g/mol. The molecule has 0 saturated carbocycles. The third-order valence-corrected chi connectivity index (χ3v) is 6.30. The second-order valence-corrected chi connectivity index (χ2v) is 9.85. The summed E-state index contributed by atoms with van der Waals surface area (Å²) in [5, 5.41) is 18.6. The largest absolute Gasteiger partial charge is 0.359 e. The summed E-state index contributed by atoms with van der Waals surface area (Å²) in [5.74, 6) is 0.587. The van der Waals surface area contributed by atoms with Gasteiger partial charge in [-0.05, 0) is 53.1 Å². The Hall–Kier alpha value is -3.66. The molecule has 0 radical (unpaired) electrons. The lowest BCUT2D eigenvalue weighted by molar-refractivity contribution is 0.0223. The molecule has 6 heteroatoms. The number of anilines is 1. The van der Waals surface area contributed by atoms with Gasteiger partial charge in [0.2, 0.25) is 0 Å². The molecule has 3 N–H and O–H groups in total. The van der Waals surface area contributed by atoms with Crippen LogP contribution in [0.25, 0.3) is 0 Å². The Kier molecular flexibility index (Phi) is 10.3. The molecule has 6 nitrogen and oxygen atoms in total. The summed E-state index contributed by atoms with van der Waals surface area (Å²) in [7, 11) is 0. The number of ether oxygens (including phenoxy) is 1. The number of hydrogen-bond donors (Lipinski definition) is 3. The predicted octanol–water partition coefficient (Wildman–Crippen LogP) is 6.82. The fourth-order valence-corrected chi connectivity index (χ4v) is 4.23. The smallest absolute Gasteiger partial charge is 0.319 e. The van der Waals surface area contributed by atoms with Crippen molar-refractivity contribution in [3.63, 3.8) is 0 Å². The number of rotatable bonds is 11.